The fourth-order valence-corrected chi connectivity index (χ4v) is 1.03. The van der Waals surface area contributed by atoms with Crippen LogP contribution in [0, 0.1) is 0 Å². The van der Waals surface area contributed by atoms with Gasteiger partial charge in [-0.05, 0) is 0 Å². The Bertz CT molecular complexity index is 345. The molecule has 0 saturated carbocycles. The SMILES string of the molecule is C=C1N=CC(Cc2c[nH]cn2)=N1. The molecule has 1 N–H and O–H groups in total. The van der Waals surface area contributed by atoms with E-state index in [2.05, 4.69) is 26.5 Å². The second kappa shape index (κ2) is 2.73. The van der Waals surface area contributed by atoms with Gasteiger partial charge in [-0.1, -0.05) is 6.58 Å². The van der Waals surface area contributed by atoms with E-state index >= 15 is 0 Å². The summed E-state index contributed by atoms with van der Waals surface area (Å²) in [6.45, 7) is 3.62. The van der Waals surface area contributed by atoms with Gasteiger partial charge in [0.2, 0.25) is 0 Å². The maximum atomic E-state index is 4.11. The van der Waals surface area contributed by atoms with Crippen LogP contribution >= 0.6 is 0 Å². The van der Waals surface area contributed by atoms with Crippen molar-refractivity contribution in [3.8, 4) is 0 Å². The molecule has 0 amide bonds. The van der Waals surface area contributed by atoms with Crippen LogP contribution in [-0.2, 0) is 6.42 Å². The first kappa shape index (κ1) is 6.97. The third-order valence-corrected chi connectivity index (χ3v) is 1.55. The molecule has 0 fully saturated rings. The Hall–Kier alpha value is -1.71. The summed E-state index contributed by atoms with van der Waals surface area (Å²) in [6.07, 6.45) is 5.93. The van der Waals surface area contributed by atoms with Gasteiger partial charge in [0.1, 0.15) is 5.82 Å². The van der Waals surface area contributed by atoms with Gasteiger partial charge >= 0.3 is 0 Å². The fourth-order valence-electron chi connectivity index (χ4n) is 1.03. The molecule has 1 aliphatic rings. The Morgan fingerprint density at radius 3 is 3.00 bits per heavy atom. The molecule has 0 saturated heterocycles. The van der Waals surface area contributed by atoms with Crippen LogP contribution in [0.25, 0.3) is 0 Å². The number of aromatic nitrogens is 2. The van der Waals surface area contributed by atoms with Crippen LogP contribution in [0.4, 0.5) is 0 Å². The zero-order chi connectivity index (χ0) is 8.39. The van der Waals surface area contributed by atoms with Gasteiger partial charge in [-0.15, -0.1) is 0 Å². The molecule has 1 aromatic heterocycles. The van der Waals surface area contributed by atoms with Crippen molar-refractivity contribution < 1.29 is 0 Å². The lowest BCUT2D eigenvalue weighted by atomic mass is 10.2. The highest BCUT2D eigenvalue weighted by molar-refractivity contribution is 6.33. The molecule has 0 aliphatic carbocycles. The molecule has 2 rings (SSSR count). The van der Waals surface area contributed by atoms with Gasteiger partial charge in [0.15, 0.2) is 0 Å². The number of hydrogen-bond acceptors (Lipinski definition) is 3. The van der Waals surface area contributed by atoms with Crippen LogP contribution in [0.2, 0.25) is 0 Å². The van der Waals surface area contributed by atoms with E-state index in [1.165, 1.54) is 0 Å². The number of aromatic amines is 1. The molecule has 0 radical (unpaired) electrons. The lowest BCUT2D eigenvalue weighted by Gasteiger charge is -1.89. The second-order valence-corrected chi connectivity index (χ2v) is 2.51. The molecule has 60 valence electrons. The van der Waals surface area contributed by atoms with Crippen LogP contribution in [0.3, 0.4) is 0 Å². The fraction of sp³-hybridized carbons (Fsp3) is 0.125. The van der Waals surface area contributed by atoms with Crippen molar-refractivity contribution in [3.05, 3.63) is 30.6 Å². The monoisotopic (exact) mass is 160 g/mol. The molecular weight excluding hydrogens is 152 g/mol. The third kappa shape index (κ3) is 1.32. The number of aliphatic imine (C=N–C) groups is 2. The zero-order valence-electron chi connectivity index (χ0n) is 6.49. The molecule has 0 atom stereocenters. The Morgan fingerprint density at radius 2 is 2.42 bits per heavy atom. The van der Waals surface area contributed by atoms with Crippen molar-refractivity contribution in [1.29, 1.82) is 0 Å². The van der Waals surface area contributed by atoms with Gasteiger partial charge in [0.05, 0.1) is 23.9 Å². The first-order valence-corrected chi connectivity index (χ1v) is 3.63. The summed E-state index contributed by atoms with van der Waals surface area (Å²) in [6, 6.07) is 0. The predicted molar refractivity (Wildman–Crippen MR) is 47.4 cm³/mol. The van der Waals surface area contributed by atoms with E-state index in [1.807, 2.05) is 6.20 Å². The number of imidazole rings is 1. The molecular formula is C8H8N4. The number of H-pyrrole nitrogens is 1. The summed E-state index contributed by atoms with van der Waals surface area (Å²) in [4.78, 5) is 15.0. The third-order valence-electron chi connectivity index (χ3n) is 1.55. The van der Waals surface area contributed by atoms with Crippen molar-refractivity contribution in [1.82, 2.24) is 9.97 Å². The number of hydrogen-bond donors (Lipinski definition) is 1. The Balaban J connectivity index is 2.11. The number of rotatable bonds is 2. The average molecular weight is 160 g/mol. The second-order valence-electron chi connectivity index (χ2n) is 2.51. The minimum absolute atomic E-state index is 0.570. The lowest BCUT2D eigenvalue weighted by Crippen LogP contribution is -2.01. The topological polar surface area (TPSA) is 53.4 Å². The van der Waals surface area contributed by atoms with E-state index in [4.69, 9.17) is 0 Å². The molecule has 4 heteroatoms. The van der Waals surface area contributed by atoms with E-state index in [0.29, 0.717) is 12.2 Å². The largest absolute Gasteiger partial charge is 0.351 e. The normalized spacial score (nSPS) is 15.3. The Kier molecular flexibility index (Phi) is 1.59. The summed E-state index contributed by atoms with van der Waals surface area (Å²) in [5.74, 6) is 0.570. The average Bonchev–Trinajstić information content (AvgIpc) is 2.63. The molecule has 0 bridgehead atoms. The molecule has 12 heavy (non-hydrogen) atoms. The quantitative estimate of drug-likeness (QED) is 0.688. The van der Waals surface area contributed by atoms with Gasteiger partial charge in [0, 0.05) is 12.6 Å². The van der Waals surface area contributed by atoms with Gasteiger partial charge in [-0.3, -0.25) is 0 Å². The van der Waals surface area contributed by atoms with Crippen molar-refractivity contribution in [2.45, 2.75) is 6.42 Å². The van der Waals surface area contributed by atoms with Gasteiger partial charge in [-0.25, -0.2) is 15.0 Å². The van der Waals surface area contributed by atoms with Crippen molar-refractivity contribution in [2.75, 3.05) is 0 Å². The lowest BCUT2D eigenvalue weighted by molar-refractivity contribution is 1.19. The van der Waals surface area contributed by atoms with Crippen LogP contribution < -0.4 is 0 Å². The molecule has 2 heterocycles. The molecule has 4 nitrogen and oxygen atoms in total. The van der Waals surface area contributed by atoms with E-state index in [9.17, 15) is 0 Å². The van der Waals surface area contributed by atoms with E-state index in [0.717, 1.165) is 11.4 Å². The van der Waals surface area contributed by atoms with Crippen LogP contribution in [0.1, 0.15) is 5.69 Å². The molecule has 0 unspecified atom stereocenters. The summed E-state index contributed by atoms with van der Waals surface area (Å²) in [5.41, 5.74) is 1.88. The number of nitrogens with one attached hydrogen (secondary N) is 1. The van der Waals surface area contributed by atoms with E-state index in [-0.39, 0.29) is 0 Å². The molecule has 0 spiro atoms. The van der Waals surface area contributed by atoms with Gasteiger partial charge < -0.3 is 4.98 Å². The molecule has 0 aromatic carbocycles. The highest BCUT2D eigenvalue weighted by atomic mass is 15.0. The first-order valence-electron chi connectivity index (χ1n) is 3.63. The van der Waals surface area contributed by atoms with Crippen LogP contribution in [0.5, 0.6) is 0 Å². The van der Waals surface area contributed by atoms with E-state index < -0.39 is 0 Å². The highest BCUT2D eigenvalue weighted by Crippen LogP contribution is 2.05. The minimum Gasteiger partial charge on any atom is -0.351 e. The summed E-state index contributed by atoms with van der Waals surface area (Å²) < 4.78 is 0. The molecule has 1 aliphatic heterocycles. The predicted octanol–water partition coefficient (Wildman–Crippen LogP) is 0.949. The number of nitrogens with zero attached hydrogens (tertiary/aromatic N) is 3. The maximum absolute atomic E-state index is 4.11. The molecule has 1 aromatic rings. The van der Waals surface area contributed by atoms with Crippen molar-refractivity contribution in [3.63, 3.8) is 0 Å². The smallest absolute Gasteiger partial charge is 0.145 e. The summed E-state index contributed by atoms with van der Waals surface area (Å²) in [5, 5.41) is 0. The van der Waals surface area contributed by atoms with Crippen LogP contribution in [0.15, 0.2) is 34.9 Å². The van der Waals surface area contributed by atoms with Crippen molar-refractivity contribution in [2.24, 2.45) is 9.98 Å². The Labute approximate surface area is 69.8 Å². The zero-order valence-corrected chi connectivity index (χ0v) is 6.49. The van der Waals surface area contributed by atoms with Crippen molar-refractivity contribution >= 4 is 11.9 Å². The van der Waals surface area contributed by atoms with Gasteiger partial charge in [-0.2, -0.15) is 0 Å². The van der Waals surface area contributed by atoms with Crippen LogP contribution in [-0.4, -0.2) is 21.9 Å². The summed E-state index contributed by atoms with van der Waals surface area (Å²) in [7, 11) is 0. The highest BCUT2D eigenvalue weighted by Gasteiger charge is 2.05. The van der Waals surface area contributed by atoms with Gasteiger partial charge in [0.25, 0.3) is 0 Å². The Morgan fingerprint density at radius 1 is 1.50 bits per heavy atom. The maximum Gasteiger partial charge on any atom is 0.145 e. The summed E-state index contributed by atoms with van der Waals surface area (Å²) >= 11 is 0. The minimum atomic E-state index is 0.570. The first-order chi connectivity index (χ1) is 5.84. The van der Waals surface area contributed by atoms with E-state index in [1.54, 1.807) is 12.5 Å². The standard InChI is InChI=1S/C8H8N4/c1-6-10-4-8(12-6)2-7-3-9-5-11-7/h3-5H,1-2H2,(H,9,11).